The molecule has 0 aliphatic heterocycles. The van der Waals surface area contributed by atoms with Crippen molar-refractivity contribution in [2.24, 2.45) is 0 Å². The molecule has 19 heavy (non-hydrogen) atoms. The zero-order valence-electron chi connectivity index (χ0n) is 11.2. The summed E-state index contributed by atoms with van der Waals surface area (Å²) >= 11 is 0. The number of amides is 1. The third-order valence-electron chi connectivity index (χ3n) is 3.61. The molecule has 1 fully saturated rings. The fourth-order valence-corrected chi connectivity index (χ4v) is 2.48. The fourth-order valence-electron chi connectivity index (χ4n) is 2.48. The van der Waals surface area contributed by atoms with Gasteiger partial charge < -0.3 is 15.7 Å². The smallest absolute Gasteiger partial charge is 0.234 e. The zero-order valence-corrected chi connectivity index (χ0v) is 11.2. The van der Waals surface area contributed by atoms with Crippen LogP contribution in [0.25, 0.3) is 0 Å². The quantitative estimate of drug-likeness (QED) is 0.722. The number of rotatable bonds is 6. The van der Waals surface area contributed by atoms with E-state index in [9.17, 15) is 9.90 Å². The van der Waals surface area contributed by atoms with Crippen LogP contribution in [0, 0.1) is 0 Å². The van der Waals surface area contributed by atoms with Crippen LogP contribution in [-0.2, 0) is 11.3 Å². The number of nitrogens with one attached hydrogen (secondary N) is 2. The van der Waals surface area contributed by atoms with E-state index in [0.717, 1.165) is 31.2 Å². The summed E-state index contributed by atoms with van der Waals surface area (Å²) in [5.41, 5.74) is 0.491. The molecule has 4 nitrogen and oxygen atoms in total. The normalized spacial score (nSPS) is 17.3. The van der Waals surface area contributed by atoms with Gasteiger partial charge in [0.05, 0.1) is 12.1 Å². The second kappa shape index (κ2) is 6.68. The van der Waals surface area contributed by atoms with Crippen molar-refractivity contribution >= 4 is 5.91 Å². The lowest BCUT2D eigenvalue weighted by molar-refractivity contribution is -0.120. The van der Waals surface area contributed by atoms with Crippen LogP contribution in [0.3, 0.4) is 0 Å². The molecule has 104 valence electrons. The highest BCUT2D eigenvalue weighted by Crippen LogP contribution is 2.28. The molecule has 0 radical (unpaired) electrons. The van der Waals surface area contributed by atoms with Crippen molar-refractivity contribution < 1.29 is 9.90 Å². The average molecular weight is 262 g/mol. The first-order valence-corrected chi connectivity index (χ1v) is 6.92. The van der Waals surface area contributed by atoms with Crippen LogP contribution in [0.2, 0.25) is 0 Å². The molecule has 0 heterocycles. The molecule has 0 atom stereocenters. The van der Waals surface area contributed by atoms with E-state index in [1.807, 2.05) is 30.3 Å². The van der Waals surface area contributed by atoms with Crippen LogP contribution in [0.15, 0.2) is 30.3 Å². The van der Waals surface area contributed by atoms with Gasteiger partial charge in [-0.25, -0.2) is 0 Å². The Kier molecular flexibility index (Phi) is 4.93. The average Bonchev–Trinajstić information content (AvgIpc) is 2.85. The van der Waals surface area contributed by atoms with Gasteiger partial charge in [0, 0.05) is 13.1 Å². The number of carbonyl (C=O) groups excluding carboxylic acids is 1. The van der Waals surface area contributed by atoms with E-state index in [0.29, 0.717) is 13.1 Å². The van der Waals surface area contributed by atoms with Gasteiger partial charge in [-0.15, -0.1) is 0 Å². The van der Waals surface area contributed by atoms with Crippen LogP contribution < -0.4 is 10.6 Å². The molecule has 0 bridgehead atoms. The topological polar surface area (TPSA) is 61.4 Å². The van der Waals surface area contributed by atoms with E-state index < -0.39 is 5.60 Å². The molecular weight excluding hydrogens is 240 g/mol. The van der Waals surface area contributed by atoms with E-state index in [1.54, 1.807) is 0 Å². The number of aliphatic hydroxyl groups is 1. The lowest BCUT2D eigenvalue weighted by Crippen LogP contribution is -2.42. The Bertz CT molecular complexity index is 400. The molecule has 0 aromatic heterocycles. The SMILES string of the molecule is O=C(CNCC1(O)CCCC1)NCc1ccccc1. The lowest BCUT2D eigenvalue weighted by Gasteiger charge is -2.22. The summed E-state index contributed by atoms with van der Waals surface area (Å²) in [5, 5.41) is 16.0. The first-order chi connectivity index (χ1) is 9.18. The maximum absolute atomic E-state index is 11.6. The number of benzene rings is 1. The van der Waals surface area contributed by atoms with Crippen LogP contribution >= 0.6 is 0 Å². The van der Waals surface area contributed by atoms with Gasteiger partial charge in [-0.05, 0) is 18.4 Å². The Morgan fingerprint density at radius 2 is 1.89 bits per heavy atom. The Hall–Kier alpha value is -1.39. The summed E-state index contributed by atoms with van der Waals surface area (Å²) in [6.45, 7) is 1.31. The van der Waals surface area contributed by atoms with E-state index >= 15 is 0 Å². The summed E-state index contributed by atoms with van der Waals surface area (Å²) in [6, 6.07) is 9.82. The van der Waals surface area contributed by atoms with Crippen LogP contribution in [-0.4, -0.2) is 29.7 Å². The monoisotopic (exact) mass is 262 g/mol. The molecule has 0 spiro atoms. The minimum atomic E-state index is -0.598. The highest BCUT2D eigenvalue weighted by molar-refractivity contribution is 5.77. The lowest BCUT2D eigenvalue weighted by atomic mass is 10.0. The summed E-state index contributed by atoms with van der Waals surface area (Å²) in [7, 11) is 0. The minimum Gasteiger partial charge on any atom is -0.389 e. The first-order valence-electron chi connectivity index (χ1n) is 6.92. The van der Waals surface area contributed by atoms with Gasteiger partial charge >= 0.3 is 0 Å². The molecule has 3 N–H and O–H groups in total. The van der Waals surface area contributed by atoms with Gasteiger partial charge in [0.2, 0.25) is 5.91 Å². The van der Waals surface area contributed by atoms with Crippen molar-refractivity contribution in [2.45, 2.75) is 37.8 Å². The Morgan fingerprint density at radius 1 is 1.21 bits per heavy atom. The molecule has 2 rings (SSSR count). The third kappa shape index (κ3) is 4.65. The predicted octanol–water partition coefficient (Wildman–Crippen LogP) is 1.20. The standard InChI is InChI=1S/C15H22N2O2/c18-14(17-10-13-6-2-1-3-7-13)11-16-12-15(19)8-4-5-9-15/h1-3,6-7,16,19H,4-5,8-12H2,(H,17,18). The molecule has 4 heteroatoms. The van der Waals surface area contributed by atoms with E-state index in [2.05, 4.69) is 10.6 Å². The van der Waals surface area contributed by atoms with Gasteiger partial charge in [-0.1, -0.05) is 43.2 Å². The maximum atomic E-state index is 11.6. The van der Waals surface area contributed by atoms with E-state index in [-0.39, 0.29) is 12.5 Å². The minimum absolute atomic E-state index is 0.0366. The van der Waals surface area contributed by atoms with Gasteiger partial charge in [0.15, 0.2) is 0 Å². The van der Waals surface area contributed by atoms with Crippen molar-refractivity contribution in [3.63, 3.8) is 0 Å². The van der Waals surface area contributed by atoms with Crippen LogP contribution in [0.1, 0.15) is 31.2 Å². The Balaban J connectivity index is 1.62. The van der Waals surface area contributed by atoms with Crippen molar-refractivity contribution in [1.82, 2.24) is 10.6 Å². The summed E-state index contributed by atoms with van der Waals surface area (Å²) in [5.74, 6) is -0.0366. The molecular formula is C15H22N2O2. The van der Waals surface area contributed by atoms with Crippen LogP contribution in [0.5, 0.6) is 0 Å². The first kappa shape index (κ1) is 14.0. The van der Waals surface area contributed by atoms with Gasteiger partial charge in [0.1, 0.15) is 0 Å². The summed E-state index contributed by atoms with van der Waals surface area (Å²) < 4.78 is 0. The Labute approximate surface area is 114 Å². The molecule has 1 aromatic rings. The second-order valence-electron chi connectivity index (χ2n) is 5.30. The van der Waals surface area contributed by atoms with E-state index in [4.69, 9.17) is 0 Å². The maximum Gasteiger partial charge on any atom is 0.234 e. The van der Waals surface area contributed by atoms with Crippen molar-refractivity contribution in [3.8, 4) is 0 Å². The number of hydrogen-bond acceptors (Lipinski definition) is 3. The van der Waals surface area contributed by atoms with Gasteiger partial charge in [-0.3, -0.25) is 4.79 Å². The van der Waals surface area contributed by atoms with Gasteiger partial charge in [0.25, 0.3) is 0 Å². The second-order valence-corrected chi connectivity index (χ2v) is 5.30. The molecule has 1 saturated carbocycles. The molecule has 1 aliphatic carbocycles. The number of hydrogen-bond donors (Lipinski definition) is 3. The van der Waals surface area contributed by atoms with Gasteiger partial charge in [-0.2, -0.15) is 0 Å². The summed E-state index contributed by atoms with van der Waals surface area (Å²) in [4.78, 5) is 11.6. The molecule has 0 unspecified atom stereocenters. The Morgan fingerprint density at radius 3 is 2.58 bits per heavy atom. The fraction of sp³-hybridized carbons (Fsp3) is 0.533. The third-order valence-corrected chi connectivity index (χ3v) is 3.61. The number of carbonyl (C=O) groups is 1. The molecule has 1 aliphatic rings. The van der Waals surface area contributed by atoms with Crippen molar-refractivity contribution in [1.29, 1.82) is 0 Å². The molecule has 1 amide bonds. The highest BCUT2D eigenvalue weighted by Gasteiger charge is 2.30. The molecule has 0 saturated heterocycles. The highest BCUT2D eigenvalue weighted by atomic mass is 16.3. The predicted molar refractivity (Wildman–Crippen MR) is 74.6 cm³/mol. The van der Waals surface area contributed by atoms with Crippen molar-refractivity contribution in [2.75, 3.05) is 13.1 Å². The summed E-state index contributed by atoms with van der Waals surface area (Å²) in [6.07, 6.45) is 3.84. The zero-order chi connectivity index (χ0) is 13.6. The van der Waals surface area contributed by atoms with E-state index in [1.165, 1.54) is 0 Å². The van der Waals surface area contributed by atoms with Crippen molar-refractivity contribution in [3.05, 3.63) is 35.9 Å². The van der Waals surface area contributed by atoms with Crippen LogP contribution in [0.4, 0.5) is 0 Å². The molecule has 1 aromatic carbocycles. The largest absolute Gasteiger partial charge is 0.389 e.